The maximum absolute atomic E-state index is 9.88. The second-order valence-electron chi connectivity index (χ2n) is 4.53. The highest BCUT2D eigenvalue weighted by molar-refractivity contribution is 4.89. The Labute approximate surface area is 105 Å². The number of hydrogen-bond donors (Lipinski definition) is 3. The van der Waals surface area contributed by atoms with Crippen LogP contribution in [0.25, 0.3) is 0 Å². The molecule has 0 bridgehead atoms. The molecule has 102 valence electrons. The highest BCUT2D eigenvalue weighted by Crippen LogP contribution is 2.22. The number of rotatable bonds is 3. The van der Waals surface area contributed by atoms with E-state index in [0.29, 0.717) is 6.54 Å². The molecular formula is C11H19N2O5+. The van der Waals surface area contributed by atoms with E-state index in [1.54, 1.807) is 0 Å². The highest BCUT2D eigenvalue weighted by Gasteiger charge is 2.44. The van der Waals surface area contributed by atoms with Crippen LogP contribution >= 0.6 is 0 Å². The Balaban J connectivity index is 2.07. The molecule has 2 heterocycles. The quantitative estimate of drug-likeness (QED) is 0.535. The van der Waals surface area contributed by atoms with Crippen LogP contribution in [0.4, 0.5) is 0 Å². The zero-order valence-corrected chi connectivity index (χ0v) is 10.4. The molecule has 0 amide bonds. The fourth-order valence-corrected chi connectivity index (χ4v) is 2.08. The number of aliphatic hydroxyl groups excluding tert-OH is 3. The van der Waals surface area contributed by atoms with E-state index in [2.05, 4.69) is 0 Å². The van der Waals surface area contributed by atoms with Gasteiger partial charge in [0.1, 0.15) is 43.4 Å². The molecule has 3 N–H and O–H groups in total. The zero-order valence-electron chi connectivity index (χ0n) is 10.4. The second kappa shape index (κ2) is 5.33. The van der Waals surface area contributed by atoms with E-state index in [-0.39, 0.29) is 0 Å². The molecule has 0 spiro atoms. The van der Waals surface area contributed by atoms with Gasteiger partial charge in [0.15, 0.2) is 6.29 Å². The predicted molar refractivity (Wildman–Crippen MR) is 59.3 cm³/mol. The van der Waals surface area contributed by atoms with Crippen LogP contribution in [0.15, 0.2) is 18.7 Å². The Bertz CT molecular complexity index is 395. The fraction of sp³-hybridized carbons (Fsp3) is 0.727. The molecule has 0 saturated carbocycles. The van der Waals surface area contributed by atoms with Crippen molar-refractivity contribution in [3.63, 3.8) is 0 Å². The van der Waals surface area contributed by atoms with Crippen molar-refractivity contribution in [2.45, 2.75) is 37.3 Å². The number of methoxy groups -OCH3 is 1. The molecule has 1 saturated heterocycles. The molecule has 0 unspecified atom stereocenters. The maximum Gasteiger partial charge on any atom is 0.243 e. The van der Waals surface area contributed by atoms with Gasteiger partial charge in [-0.15, -0.1) is 0 Å². The summed E-state index contributed by atoms with van der Waals surface area (Å²) in [7, 11) is 3.26. The van der Waals surface area contributed by atoms with Gasteiger partial charge in [-0.25, -0.2) is 9.13 Å². The van der Waals surface area contributed by atoms with Gasteiger partial charge in [0, 0.05) is 7.11 Å². The van der Waals surface area contributed by atoms with Crippen molar-refractivity contribution in [1.82, 2.24) is 4.57 Å². The summed E-state index contributed by atoms with van der Waals surface area (Å²) in [5.74, 6) is 0. The third-order valence-electron chi connectivity index (χ3n) is 3.12. The van der Waals surface area contributed by atoms with Gasteiger partial charge < -0.3 is 24.8 Å². The Kier molecular flexibility index (Phi) is 3.98. The molecule has 18 heavy (non-hydrogen) atoms. The number of nitrogens with zero attached hydrogens (tertiary/aromatic N) is 2. The number of aromatic nitrogens is 2. The van der Waals surface area contributed by atoms with Crippen LogP contribution < -0.4 is 4.57 Å². The van der Waals surface area contributed by atoms with E-state index in [1.165, 1.54) is 7.11 Å². The summed E-state index contributed by atoms with van der Waals surface area (Å²) in [5.41, 5.74) is 0. The Morgan fingerprint density at radius 3 is 2.56 bits per heavy atom. The number of ether oxygens (including phenoxy) is 2. The molecule has 0 aliphatic carbocycles. The van der Waals surface area contributed by atoms with Crippen LogP contribution in [0.2, 0.25) is 0 Å². The van der Waals surface area contributed by atoms with Crippen LogP contribution in [0.3, 0.4) is 0 Å². The van der Waals surface area contributed by atoms with Crippen LogP contribution in [0.1, 0.15) is 0 Å². The Hall–Kier alpha value is -0.990. The summed E-state index contributed by atoms with van der Waals surface area (Å²) in [6.45, 7) is 0.367. The first-order chi connectivity index (χ1) is 8.52. The van der Waals surface area contributed by atoms with E-state index >= 15 is 0 Å². The van der Waals surface area contributed by atoms with Gasteiger partial charge in [-0.2, -0.15) is 0 Å². The van der Waals surface area contributed by atoms with Crippen molar-refractivity contribution in [2.75, 3.05) is 7.11 Å². The van der Waals surface area contributed by atoms with Crippen LogP contribution in [0, 0.1) is 0 Å². The first-order valence-corrected chi connectivity index (χ1v) is 5.76. The lowest BCUT2D eigenvalue weighted by molar-refractivity contribution is -0.671. The predicted octanol–water partition coefficient (Wildman–Crippen LogP) is -2.23. The number of imidazole rings is 1. The molecule has 7 heteroatoms. The van der Waals surface area contributed by atoms with E-state index in [0.717, 1.165) is 0 Å². The van der Waals surface area contributed by atoms with Crippen molar-refractivity contribution in [3.05, 3.63) is 18.7 Å². The van der Waals surface area contributed by atoms with Gasteiger partial charge >= 0.3 is 0 Å². The summed E-state index contributed by atoms with van der Waals surface area (Å²) in [6.07, 6.45) is 0.261. The molecule has 7 nitrogen and oxygen atoms in total. The second-order valence-corrected chi connectivity index (χ2v) is 4.53. The monoisotopic (exact) mass is 259 g/mol. The third-order valence-corrected chi connectivity index (χ3v) is 3.12. The van der Waals surface area contributed by atoms with Crippen LogP contribution in [0.5, 0.6) is 0 Å². The third kappa shape index (κ3) is 2.55. The average molecular weight is 259 g/mol. The summed E-state index contributed by atoms with van der Waals surface area (Å²) in [6, 6.07) is 0. The van der Waals surface area contributed by atoms with Crippen molar-refractivity contribution < 1.29 is 29.4 Å². The minimum Gasteiger partial charge on any atom is -0.387 e. The largest absolute Gasteiger partial charge is 0.387 e. The molecule has 2 rings (SSSR count). The van der Waals surface area contributed by atoms with Gasteiger partial charge in [-0.3, -0.25) is 0 Å². The minimum absolute atomic E-state index is 0.367. The number of aryl methyl sites for hydroxylation is 1. The zero-order chi connectivity index (χ0) is 13.3. The van der Waals surface area contributed by atoms with E-state index in [4.69, 9.17) is 9.47 Å². The lowest BCUT2D eigenvalue weighted by Crippen LogP contribution is -2.58. The average Bonchev–Trinajstić information content (AvgIpc) is 2.75. The molecule has 5 atom stereocenters. The fourth-order valence-electron chi connectivity index (χ4n) is 2.08. The normalized spacial score (nSPS) is 36.8. The summed E-state index contributed by atoms with van der Waals surface area (Å²) < 4.78 is 14.0. The smallest absolute Gasteiger partial charge is 0.243 e. The van der Waals surface area contributed by atoms with Crippen molar-refractivity contribution in [1.29, 1.82) is 0 Å². The first-order valence-electron chi connectivity index (χ1n) is 5.76. The van der Waals surface area contributed by atoms with Gasteiger partial charge in [0.2, 0.25) is 6.33 Å². The molecule has 1 aliphatic rings. The summed E-state index contributed by atoms with van der Waals surface area (Å²) in [5, 5.41) is 29.2. The first kappa shape index (κ1) is 13.4. The minimum atomic E-state index is -1.28. The molecule has 1 aromatic rings. The number of aliphatic hydroxyl groups is 3. The summed E-state index contributed by atoms with van der Waals surface area (Å²) >= 11 is 0. The molecule has 1 aromatic heterocycles. The van der Waals surface area contributed by atoms with Gasteiger partial charge in [-0.05, 0) is 0 Å². The molecular weight excluding hydrogens is 240 g/mol. The van der Waals surface area contributed by atoms with Gasteiger partial charge in [-0.1, -0.05) is 0 Å². The summed E-state index contributed by atoms with van der Waals surface area (Å²) in [4.78, 5) is 0. The molecule has 1 aliphatic heterocycles. The standard InChI is InChI=1S/C11H19N2O5/c1-12-3-4-13(6-12)5-7-8(14)9(15)10(16)11(17-2)18-7/h3-4,6-11,14-16H,5H2,1-2H3/q+1/t7-,8-,9+,10-,11+/m1/s1. The molecule has 0 aromatic carbocycles. The van der Waals surface area contributed by atoms with Crippen molar-refractivity contribution in [2.24, 2.45) is 7.05 Å². The number of hydrogen-bond acceptors (Lipinski definition) is 5. The van der Waals surface area contributed by atoms with Gasteiger partial charge in [0.05, 0.1) is 7.05 Å². The Morgan fingerprint density at radius 1 is 1.28 bits per heavy atom. The van der Waals surface area contributed by atoms with E-state index in [9.17, 15) is 15.3 Å². The van der Waals surface area contributed by atoms with Crippen LogP contribution in [-0.2, 0) is 23.1 Å². The van der Waals surface area contributed by atoms with Gasteiger partial charge in [0.25, 0.3) is 0 Å². The molecule has 1 fully saturated rings. The van der Waals surface area contributed by atoms with Crippen molar-refractivity contribution >= 4 is 0 Å². The van der Waals surface area contributed by atoms with Crippen molar-refractivity contribution in [3.8, 4) is 0 Å². The maximum atomic E-state index is 9.88. The van der Waals surface area contributed by atoms with E-state index in [1.807, 2.05) is 34.9 Å². The SMILES string of the molecule is CO[C@H]1O[C@H](Cn2cc[n+](C)c2)[C@@H](O)[C@H](O)[C@H]1O. The van der Waals surface area contributed by atoms with E-state index < -0.39 is 30.7 Å². The lowest BCUT2D eigenvalue weighted by atomic mass is 9.99. The topological polar surface area (TPSA) is 88.0 Å². The highest BCUT2D eigenvalue weighted by atomic mass is 16.7. The van der Waals surface area contributed by atoms with Crippen LogP contribution in [-0.4, -0.2) is 57.7 Å². The lowest BCUT2D eigenvalue weighted by Gasteiger charge is -2.39. The molecule has 0 radical (unpaired) electrons. The Morgan fingerprint density at radius 2 is 2.00 bits per heavy atom.